The molecular formula is C36H49N5O8S2. The van der Waals surface area contributed by atoms with Gasteiger partial charge in [-0.2, -0.15) is 4.31 Å². The zero-order valence-corrected chi connectivity index (χ0v) is 31.7. The van der Waals surface area contributed by atoms with Crippen molar-refractivity contribution in [2.45, 2.75) is 76.8 Å². The third kappa shape index (κ3) is 10.1. The molecule has 2 N–H and O–H groups in total. The first-order chi connectivity index (χ1) is 24.3. The molecule has 1 aliphatic rings. The number of urea groups is 1. The number of benzene rings is 2. The lowest BCUT2D eigenvalue weighted by molar-refractivity contribution is -0.129. The number of methoxy groups -OCH3 is 2. The highest BCUT2D eigenvalue weighted by Crippen LogP contribution is 2.25. The van der Waals surface area contributed by atoms with Gasteiger partial charge >= 0.3 is 6.03 Å². The Kier molecular flexibility index (Phi) is 14.1. The van der Waals surface area contributed by atoms with Crippen molar-refractivity contribution in [1.29, 1.82) is 0 Å². The minimum Gasteiger partial charge on any atom is -0.497 e. The van der Waals surface area contributed by atoms with Crippen LogP contribution in [-0.2, 0) is 43.9 Å². The number of hydrogen-bond donors (Lipinski definition) is 2. The first-order valence-electron chi connectivity index (χ1n) is 17.0. The van der Waals surface area contributed by atoms with E-state index in [1.165, 1.54) is 39.8 Å². The van der Waals surface area contributed by atoms with Crippen LogP contribution in [0.5, 0.6) is 5.75 Å². The summed E-state index contributed by atoms with van der Waals surface area (Å²) in [6, 6.07) is 12.7. The van der Waals surface area contributed by atoms with Gasteiger partial charge in [-0.1, -0.05) is 64.4 Å². The van der Waals surface area contributed by atoms with E-state index in [9.17, 15) is 27.9 Å². The van der Waals surface area contributed by atoms with E-state index in [4.69, 9.17) is 9.47 Å². The van der Waals surface area contributed by atoms with Crippen molar-refractivity contribution in [3.8, 4) is 5.75 Å². The molecule has 1 saturated heterocycles. The number of hydrogen-bond acceptors (Lipinski definition) is 10. The van der Waals surface area contributed by atoms with Crippen molar-refractivity contribution in [2.24, 2.45) is 11.8 Å². The van der Waals surface area contributed by atoms with E-state index in [-0.39, 0.29) is 49.3 Å². The van der Waals surface area contributed by atoms with E-state index in [0.717, 1.165) is 10.5 Å². The monoisotopic (exact) mass is 743 g/mol. The maximum atomic E-state index is 14.3. The topological polar surface area (TPSA) is 159 Å². The van der Waals surface area contributed by atoms with Gasteiger partial charge in [0.05, 0.1) is 43.0 Å². The number of ether oxygens (including phenoxy) is 2. The summed E-state index contributed by atoms with van der Waals surface area (Å²) in [7, 11) is -0.997. The molecule has 15 heteroatoms. The van der Waals surface area contributed by atoms with Gasteiger partial charge in [0, 0.05) is 25.6 Å². The van der Waals surface area contributed by atoms with Gasteiger partial charge in [-0.25, -0.2) is 18.2 Å². The second kappa shape index (κ2) is 18.0. The van der Waals surface area contributed by atoms with Gasteiger partial charge in [-0.05, 0) is 48.1 Å². The average molecular weight is 744 g/mol. The molecule has 1 aliphatic heterocycles. The number of aromatic nitrogens is 1. The van der Waals surface area contributed by atoms with Crippen molar-refractivity contribution < 1.29 is 37.4 Å². The minimum absolute atomic E-state index is 0.0348. The van der Waals surface area contributed by atoms with E-state index in [0.29, 0.717) is 29.5 Å². The molecule has 0 aliphatic carbocycles. The van der Waals surface area contributed by atoms with Gasteiger partial charge in [0.1, 0.15) is 23.3 Å². The lowest BCUT2D eigenvalue weighted by atomic mass is 9.95. The number of aliphatic hydroxyl groups is 1. The third-order valence-electron chi connectivity index (χ3n) is 8.81. The predicted octanol–water partition coefficient (Wildman–Crippen LogP) is 3.91. The summed E-state index contributed by atoms with van der Waals surface area (Å²) in [5.41, 5.74) is 1.35. The van der Waals surface area contributed by atoms with E-state index in [2.05, 4.69) is 10.3 Å². The summed E-state index contributed by atoms with van der Waals surface area (Å²) in [5, 5.41) is 17.2. The Morgan fingerprint density at radius 3 is 2.35 bits per heavy atom. The highest BCUT2D eigenvalue weighted by Gasteiger charge is 2.45. The number of rotatable bonds is 19. The summed E-state index contributed by atoms with van der Waals surface area (Å²) >= 11 is 1.37. The average Bonchev–Trinajstić information content (AvgIpc) is 3.67. The fourth-order valence-corrected chi connectivity index (χ4v) is 8.34. The van der Waals surface area contributed by atoms with Crippen molar-refractivity contribution in [2.75, 3.05) is 33.9 Å². The Balaban J connectivity index is 1.60. The van der Waals surface area contributed by atoms with Crippen LogP contribution in [0.1, 0.15) is 50.4 Å². The van der Waals surface area contributed by atoms with Gasteiger partial charge in [0.15, 0.2) is 0 Å². The van der Waals surface area contributed by atoms with E-state index >= 15 is 0 Å². The van der Waals surface area contributed by atoms with Crippen LogP contribution in [0.2, 0.25) is 0 Å². The number of amides is 4. The van der Waals surface area contributed by atoms with Crippen molar-refractivity contribution >= 4 is 39.2 Å². The molecule has 2 heterocycles. The molecule has 2 aromatic carbocycles. The van der Waals surface area contributed by atoms with Crippen molar-refractivity contribution in [3.63, 3.8) is 0 Å². The van der Waals surface area contributed by atoms with Gasteiger partial charge in [-0.15, -0.1) is 11.3 Å². The molecule has 1 aromatic heterocycles. The molecule has 0 bridgehead atoms. The summed E-state index contributed by atoms with van der Waals surface area (Å²) < 4.78 is 39.3. The Hall–Kier alpha value is -3.89. The minimum atomic E-state index is -4.05. The van der Waals surface area contributed by atoms with Gasteiger partial charge < -0.3 is 24.8 Å². The van der Waals surface area contributed by atoms with Crippen molar-refractivity contribution in [3.05, 3.63) is 76.2 Å². The van der Waals surface area contributed by atoms with Crippen LogP contribution in [-0.4, -0.2) is 103 Å². The fourth-order valence-electron chi connectivity index (χ4n) is 5.97. The van der Waals surface area contributed by atoms with Crippen LogP contribution < -0.4 is 10.1 Å². The number of thiazole rings is 1. The predicted molar refractivity (Wildman–Crippen MR) is 193 cm³/mol. The second-order valence-electron chi connectivity index (χ2n) is 13.1. The number of carbonyl (C=O) groups is 3. The molecule has 4 rings (SSSR count). The van der Waals surface area contributed by atoms with E-state index in [1.54, 1.807) is 24.6 Å². The summed E-state index contributed by atoms with van der Waals surface area (Å²) in [5.74, 6) is -0.906. The number of sulfonamides is 1. The SMILES string of the molecule is CC[C@H](C)[C@@H](C(=O)N[C@@H](Cc1ccccc1)[C@@H](O)CN(CC(C)C)S(=O)(=O)c1ccc(OC)cc1)N1CC(=O)N(Cc2csc(COC)n2)C1=O. The highest BCUT2D eigenvalue weighted by molar-refractivity contribution is 7.89. The Morgan fingerprint density at radius 1 is 1.06 bits per heavy atom. The zero-order chi connectivity index (χ0) is 37.3. The molecule has 0 spiro atoms. The van der Waals surface area contributed by atoms with Crippen molar-refractivity contribution in [1.82, 2.24) is 24.4 Å². The van der Waals surface area contributed by atoms with Crippen LogP contribution in [0.4, 0.5) is 4.79 Å². The molecule has 0 radical (unpaired) electrons. The van der Waals surface area contributed by atoms with Gasteiger partial charge in [0.2, 0.25) is 15.9 Å². The lowest BCUT2D eigenvalue weighted by Crippen LogP contribution is -2.57. The molecule has 4 atom stereocenters. The van der Waals surface area contributed by atoms with Gasteiger partial charge in [0.25, 0.3) is 5.91 Å². The van der Waals surface area contributed by atoms with Crippen LogP contribution in [0.3, 0.4) is 0 Å². The fraction of sp³-hybridized carbons (Fsp3) is 0.500. The summed E-state index contributed by atoms with van der Waals surface area (Å²) in [6.07, 6.45) is -0.625. The Morgan fingerprint density at radius 2 is 1.75 bits per heavy atom. The molecule has 0 saturated carbocycles. The molecule has 1 fully saturated rings. The molecule has 4 amide bonds. The Labute approximate surface area is 304 Å². The lowest BCUT2D eigenvalue weighted by Gasteiger charge is -2.34. The number of aliphatic hydroxyl groups excluding tert-OH is 1. The molecule has 278 valence electrons. The van der Waals surface area contributed by atoms with Crippen LogP contribution >= 0.6 is 11.3 Å². The molecule has 3 aromatic rings. The maximum absolute atomic E-state index is 14.3. The highest BCUT2D eigenvalue weighted by atomic mass is 32.2. The standard InChI is InChI=1S/C36H49N5O8S2/c1-7-25(4)34(41-21-33(43)40(36(41)45)19-27-23-50-32(37-27)22-48-5)35(44)38-30(17-26-11-9-8-10-12-26)31(42)20-39(18-24(2)3)51(46,47)29-15-13-28(49-6)14-16-29/h8-16,23-25,30-31,34,42H,7,17-22H2,1-6H3,(H,38,44)/t25-,30-,31-,34-/m0/s1. The molecule has 51 heavy (non-hydrogen) atoms. The maximum Gasteiger partial charge on any atom is 0.328 e. The number of imide groups is 1. The van der Waals surface area contributed by atoms with Crippen LogP contribution in [0, 0.1) is 11.8 Å². The summed E-state index contributed by atoms with van der Waals surface area (Å²) in [6.45, 7) is 7.30. The first-order valence-corrected chi connectivity index (χ1v) is 19.3. The number of nitrogens with one attached hydrogen (secondary N) is 1. The normalized spacial score (nSPS) is 16.1. The van der Waals surface area contributed by atoms with E-state index < -0.39 is 46.1 Å². The molecular weight excluding hydrogens is 695 g/mol. The second-order valence-corrected chi connectivity index (χ2v) is 16.0. The first kappa shape index (κ1) is 39.9. The van der Waals surface area contributed by atoms with Crippen LogP contribution in [0.25, 0.3) is 0 Å². The smallest absolute Gasteiger partial charge is 0.328 e. The van der Waals surface area contributed by atoms with E-state index in [1.807, 2.05) is 58.0 Å². The quantitative estimate of drug-likeness (QED) is 0.174. The summed E-state index contributed by atoms with van der Waals surface area (Å²) in [4.78, 5) is 48.0. The molecule has 13 nitrogen and oxygen atoms in total. The Bertz CT molecular complexity index is 1720. The third-order valence-corrected chi connectivity index (χ3v) is 11.5. The largest absolute Gasteiger partial charge is 0.497 e. The number of nitrogens with zero attached hydrogens (tertiary/aromatic N) is 4. The molecule has 0 unspecified atom stereocenters. The number of carbonyl (C=O) groups excluding carboxylic acids is 3. The van der Waals surface area contributed by atoms with Crippen LogP contribution in [0.15, 0.2) is 64.9 Å². The van der Waals surface area contributed by atoms with Gasteiger partial charge in [-0.3, -0.25) is 14.5 Å². The zero-order valence-electron chi connectivity index (χ0n) is 30.0.